The molecule has 0 bridgehead atoms. The van der Waals surface area contributed by atoms with Crippen molar-refractivity contribution in [3.8, 4) is 0 Å². The summed E-state index contributed by atoms with van der Waals surface area (Å²) in [7, 11) is 0. The summed E-state index contributed by atoms with van der Waals surface area (Å²) in [4.78, 5) is 11.4. The summed E-state index contributed by atoms with van der Waals surface area (Å²) >= 11 is 0. The zero-order valence-electron chi connectivity index (χ0n) is 11.2. The van der Waals surface area contributed by atoms with Crippen molar-refractivity contribution in [2.75, 3.05) is 6.61 Å². The molecule has 0 aliphatic carbocycles. The molecule has 0 amide bonds. The molecule has 100 valence electrons. The highest BCUT2D eigenvalue weighted by atomic mass is 16.5. The molecule has 2 N–H and O–H groups in total. The first kappa shape index (κ1) is 14.5. The van der Waals surface area contributed by atoms with E-state index in [2.05, 4.69) is 0 Å². The van der Waals surface area contributed by atoms with E-state index < -0.39 is 11.6 Å². The molecule has 4 heteroatoms. The van der Waals surface area contributed by atoms with E-state index in [0.29, 0.717) is 19.4 Å². The minimum Gasteiger partial charge on any atom is -0.479 e. The lowest BCUT2D eigenvalue weighted by molar-refractivity contribution is -0.187. The molecular weight excluding hydrogens is 220 g/mol. The molecule has 1 fully saturated rings. The minimum absolute atomic E-state index is 0.237. The molecule has 0 spiro atoms. The van der Waals surface area contributed by atoms with Crippen molar-refractivity contribution in [3.63, 3.8) is 0 Å². The molecule has 0 aromatic carbocycles. The first-order valence-electron chi connectivity index (χ1n) is 6.36. The van der Waals surface area contributed by atoms with Crippen LogP contribution in [-0.2, 0) is 9.53 Å². The Labute approximate surface area is 103 Å². The molecular formula is C13H24O4. The predicted octanol–water partition coefficient (Wildman–Crippen LogP) is 2.05. The zero-order valence-corrected chi connectivity index (χ0v) is 11.2. The Morgan fingerprint density at radius 2 is 2.18 bits per heavy atom. The van der Waals surface area contributed by atoms with Gasteiger partial charge in [-0.3, -0.25) is 0 Å². The highest BCUT2D eigenvalue weighted by molar-refractivity contribution is 5.78. The van der Waals surface area contributed by atoms with Crippen LogP contribution in [0.15, 0.2) is 0 Å². The number of carbonyl (C=O) groups is 1. The summed E-state index contributed by atoms with van der Waals surface area (Å²) in [5.74, 6) is -1.65. The second kappa shape index (κ2) is 4.94. The van der Waals surface area contributed by atoms with Crippen molar-refractivity contribution in [2.45, 2.75) is 58.2 Å². The van der Waals surface area contributed by atoms with Crippen molar-refractivity contribution in [2.24, 2.45) is 11.8 Å². The summed E-state index contributed by atoms with van der Waals surface area (Å²) in [6, 6.07) is 0. The molecule has 0 saturated carbocycles. The molecule has 1 heterocycles. The number of hydrogen-bond acceptors (Lipinski definition) is 3. The van der Waals surface area contributed by atoms with E-state index >= 15 is 0 Å². The molecule has 1 saturated heterocycles. The molecule has 3 unspecified atom stereocenters. The molecule has 1 aliphatic rings. The molecule has 0 aromatic rings. The second-order valence-electron chi connectivity index (χ2n) is 5.63. The van der Waals surface area contributed by atoms with Crippen LogP contribution in [0.4, 0.5) is 0 Å². The highest BCUT2D eigenvalue weighted by Crippen LogP contribution is 2.40. The first-order valence-corrected chi connectivity index (χ1v) is 6.36. The largest absolute Gasteiger partial charge is 0.479 e. The van der Waals surface area contributed by atoms with Crippen LogP contribution in [-0.4, -0.2) is 34.0 Å². The lowest BCUT2D eigenvalue weighted by Gasteiger charge is -2.44. The summed E-state index contributed by atoms with van der Waals surface area (Å²) in [5, 5.41) is 19.8. The van der Waals surface area contributed by atoms with Crippen LogP contribution >= 0.6 is 0 Å². The fourth-order valence-corrected chi connectivity index (χ4v) is 2.64. The lowest BCUT2D eigenvalue weighted by atomic mass is 9.70. The van der Waals surface area contributed by atoms with Gasteiger partial charge in [-0.2, -0.15) is 0 Å². The van der Waals surface area contributed by atoms with Gasteiger partial charge in [-0.25, -0.2) is 4.79 Å². The fraction of sp³-hybridized carbons (Fsp3) is 0.923. The molecule has 1 aliphatic heterocycles. The summed E-state index contributed by atoms with van der Waals surface area (Å²) in [6.45, 7) is 8.05. The van der Waals surface area contributed by atoms with Gasteiger partial charge in [0.25, 0.3) is 0 Å². The van der Waals surface area contributed by atoms with Gasteiger partial charge in [-0.05, 0) is 32.1 Å². The zero-order chi connectivity index (χ0) is 13.3. The number of hydrogen-bond donors (Lipinski definition) is 2. The SMILES string of the molecule is CCC1(C)CC(C(O)(C(=O)O)C(C)C)CCO1. The average molecular weight is 244 g/mol. The van der Waals surface area contributed by atoms with Gasteiger partial charge in [0, 0.05) is 12.5 Å². The smallest absolute Gasteiger partial charge is 0.336 e. The van der Waals surface area contributed by atoms with E-state index in [0.717, 1.165) is 6.42 Å². The Hall–Kier alpha value is -0.610. The van der Waals surface area contributed by atoms with Gasteiger partial charge >= 0.3 is 5.97 Å². The van der Waals surface area contributed by atoms with Crippen molar-refractivity contribution >= 4 is 5.97 Å². The number of carboxylic acids is 1. The maximum Gasteiger partial charge on any atom is 0.336 e. The van der Waals surface area contributed by atoms with E-state index in [1.165, 1.54) is 0 Å². The van der Waals surface area contributed by atoms with Crippen LogP contribution in [0, 0.1) is 11.8 Å². The number of aliphatic hydroxyl groups is 1. The van der Waals surface area contributed by atoms with Crippen LogP contribution in [0.1, 0.15) is 47.0 Å². The Morgan fingerprint density at radius 3 is 2.59 bits per heavy atom. The third-order valence-corrected chi connectivity index (χ3v) is 4.19. The van der Waals surface area contributed by atoms with Crippen molar-refractivity contribution in [3.05, 3.63) is 0 Å². The average Bonchev–Trinajstić information content (AvgIpc) is 2.27. The maximum atomic E-state index is 11.4. The van der Waals surface area contributed by atoms with Gasteiger partial charge in [0.05, 0.1) is 5.60 Å². The number of carboxylic acid groups (broad SMARTS) is 1. The molecule has 0 aromatic heterocycles. The van der Waals surface area contributed by atoms with E-state index in [1.54, 1.807) is 13.8 Å². The summed E-state index contributed by atoms with van der Waals surface area (Å²) < 4.78 is 5.70. The second-order valence-corrected chi connectivity index (χ2v) is 5.63. The predicted molar refractivity (Wildman–Crippen MR) is 64.8 cm³/mol. The lowest BCUT2D eigenvalue weighted by Crippen LogP contribution is -2.54. The maximum absolute atomic E-state index is 11.4. The van der Waals surface area contributed by atoms with E-state index in [4.69, 9.17) is 4.74 Å². The first-order chi connectivity index (χ1) is 7.76. The van der Waals surface area contributed by atoms with Gasteiger partial charge in [-0.15, -0.1) is 0 Å². The molecule has 4 nitrogen and oxygen atoms in total. The summed E-state index contributed by atoms with van der Waals surface area (Å²) in [6.07, 6.45) is 2.04. The monoisotopic (exact) mass is 244 g/mol. The summed E-state index contributed by atoms with van der Waals surface area (Å²) in [5.41, 5.74) is -1.94. The molecule has 0 radical (unpaired) electrons. The van der Waals surface area contributed by atoms with Crippen LogP contribution in [0.5, 0.6) is 0 Å². The number of aliphatic carboxylic acids is 1. The van der Waals surface area contributed by atoms with Gasteiger partial charge in [0.1, 0.15) is 0 Å². The van der Waals surface area contributed by atoms with Crippen LogP contribution in [0.3, 0.4) is 0 Å². The van der Waals surface area contributed by atoms with Crippen molar-refractivity contribution in [1.82, 2.24) is 0 Å². The Balaban J connectivity index is 2.93. The third kappa shape index (κ3) is 2.63. The Kier molecular flexibility index (Phi) is 4.20. The highest BCUT2D eigenvalue weighted by Gasteiger charge is 2.50. The van der Waals surface area contributed by atoms with Gasteiger partial charge in [0.2, 0.25) is 0 Å². The third-order valence-electron chi connectivity index (χ3n) is 4.19. The molecule has 1 rings (SSSR count). The van der Waals surface area contributed by atoms with Gasteiger partial charge in [-0.1, -0.05) is 20.8 Å². The topological polar surface area (TPSA) is 66.8 Å². The van der Waals surface area contributed by atoms with Gasteiger partial charge < -0.3 is 14.9 Å². The van der Waals surface area contributed by atoms with Crippen molar-refractivity contribution in [1.29, 1.82) is 0 Å². The number of rotatable bonds is 4. The van der Waals surface area contributed by atoms with Crippen LogP contribution < -0.4 is 0 Å². The molecule has 3 atom stereocenters. The standard InChI is InChI=1S/C13H24O4/c1-5-12(4)8-10(6-7-17-12)13(16,9(2)3)11(14)15/h9-10,16H,5-8H2,1-4H3,(H,14,15). The van der Waals surface area contributed by atoms with Gasteiger partial charge in [0.15, 0.2) is 5.60 Å². The Bertz CT molecular complexity index is 289. The van der Waals surface area contributed by atoms with Crippen LogP contribution in [0.2, 0.25) is 0 Å². The molecule has 17 heavy (non-hydrogen) atoms. The van der Waals surface area contributed by atoms with E-state index in [1.807, 2.05) is 13.8 Å². The normalized spacial score (nSPS) is 33.4. The van der Waals surface area contributed by atoms with Crippen molar-refractivity contribution < 1.29 is 19.7 Å². The number of ether oxygens (including phenoxy) is 1. The quantitative estimate of drug-likeness (QED) is 0.794. The van der Waals surface area contributed by atoms with E-state index in [-0.39, 0.29) is 17.4 Å². The van der Waals surface area contributed by atoms with E-state index in [9.17, 15) is 15.0 Å². The Morgan fingerprint density at radius 1 is 1.59 bits per heavy atom. The fourth-order valence-electron chi connectivity index (χ4n) is 2.64. The minimum atomic E-state index is -1.64. The van der Waals surface area contributed by atoms with Crippen LogP contribution in [0.25, 0.3) is 0 Å².